The third-order valence-corrected chi connectivity index (χ3v) is 5.94. The highest BCUT2D eigenvalue weighted by molar-refractivity contribution is 7.17. The molecule has 1 N–H and O–H groups in total. The molecule has 0 saturated heterocycles. The van der Waals surface area contributed by atoms with Gasteiger partial charge in [-0.2, -0.15) is 5.10 Å². The molecule has 7 heteroatoms. The fourth-order valence-corrected chi connectivity index (χ4v) is 4.35. The summed E-state index contributed by atoms with van der Waals surface area (Å²) >= 11 is 1.51. The van der Waals surface area contributed by atoms with Gasteiger partial charge in [-0.25, -0.2) is 4.79 Å². The van der Waals surface area contributed by atoms with Crippen LogP contribution in [0.3, 0.4) is 0 Å². The minimum absolute atomic E-state index is 0.126. The standard InChI is InChI=1S/C19H25N3O3S/c1-4-13(3)25-19(24)17-14-7-5-6-8-15(14)26-18(17)21-16(23)11-22-12(2)9-10-20-22/h9-10,13H,4-8,11H2,1-3H3,(H,21,23). The summed E-state index contributed by atoms with van der Waals surface area (Å²) in [6.07, 6.45) is 6.29. The van der Waals surface area contributed by atoms with Crippen LogP contribution >= 0.6 is 11.3 Å². The average molecular weight is 375 g/mol. The smallest absolute Gasteiger partial charge is 0.341 e. The molecule has 0 bridgehead atoms. The number of carbonyl (C=O) groups is 2. The van der Waals surface area contributed by atoms with Crippen LogP contribution in [0.1, 0.15) is 59.6 Å². The molecule has 1 unspecified atom stereocenters. The Morgan fingerprint density at radius 2 is 2.15 bits per heavy atom. The van der Waals surface area contributed by atoms with Crippen LogP contribution in [0.25, 0.3) is 0 Å². The number of thiophene rings is 1. The van der Waals surface area contributed by atoms with Crippen LogP contribution in [0.4, 0.5) is 5.00 Å². The summed E-state index contributed by atoms with van der Waals surface area (Å²) in [7, 11) is 0. The number of rotatable bonds is 6. The zero-order valence-electron chi connectivity index (χ0n) is 15.5. The van der Waals surface area contributed by atoms with E-state index in [1.165, 1.54) is 16.2 Å². The number of hydrogen-bond acceptors (Lipinski definition) is 5. The van der Waals surface area contributed by atoms with Crippen molar-refractivity contribution in [2.24, 2.45) is 0 Å². The maximum atomic E-state index is 12.7. The first-order chi connectivity index (χ1) is 12.5. The second kappa shape index (κ2) is 8.03. The van der Waals surface area contributed by atoms with Gasteiger partial charge in [-0.1, -0.05) is 6.92 Å². The fourth-order valence-electron chi connectivity index (χ4n) is 3.06. The monoisotopic (exact) mass is 375 g/mol. The van der Waals surface area contributed by atoms with E-state index in [0.29, 0.717) is 10.6 Å². The van der Waals surface area contributed by atoms with Crippen LogP contribution in [-0.2, 0) is 28.9 Å². The third-order valence-electron chi connectivity index (χ3n) is 4.73. The van der Waals surface area contributed by atoms with Crippen LogP contribution in [0.15, 0.2) is 12.3 Å². The minimum atomic E-state index is -0.329. The largest absolute Gasteiger partial charge is 0.459 e. The van der Waals surface area contributed by atoms with E-state index < -0.39 is 0 Å². The van der Waals surface area contributed by atoms with E-state index in [9.17, 15) is 9.59 Å². The Morgan fingerprint density at radius 3 is 2.85 bits per heavy atom. The molecule has 1 amide bonds. The molecule has 3 rings (SSSR count). The first-order valence-electron chi connectivity index (χ1n) is 9.13. The van der Waals surface area contributed by atoms with E-state index in [2.05, 4.69) is 10.4 Å². The molecule has 2 heterocycles. The van der Waals surface area contributed by atoms with Crippen LogP contribution in [-0.4, -0.2) is 27.8 Å². The molecule has 26 heavy (non-hydrogen) atoms. The van der Waals surface area contributed by atoms with Gasteiger partial charge in [-0.05, 0) is 57.6 Å². The van der Waals surface area contributed by atoms with Crippen LogP contribution in [0, 0.1) is 6.92 Å². The van der Waals surface area contributed by atoms with Gasteiger partial charge >= 0.3 is 5.97 Å². The maximum absolute atomic E-state index is 12.7. The van der Waals surface area contributed by atoms with Crippen molar-refractivity contribution < 1.29 is 14.3 Å². The van der Waals surface area contributed by atoms with E-state index in [1.54, 1.807) is 10.9 Å². The normalized spacial score (nSPS) is 14.6. The fraction of sp³-hybridized carbons (Fsp3) is 0.526. The topological polar surface area (TPSA) is 73.2 Å². The van der Waals surface area contributed by atoms with E-state index in [-0.39, 0.29) is 24.5 Å². The van der Waals surface area contributed by atoms with Gasteiger partial charge in [0.15, 0.2) is 0 Å². The molecule has 0 aliphatic heterocycles. The lowest BCUT2D eigenvalue weighted by Crippen LogP contribution is -2.22. The number of aromatic nitrogens is 2. The Kier molecular flexibility index (Phi) is 5.76. The number of aryl methyl sites for hydroxylation is 2. The number of fused-ring (bicyclic) bond motifs is 1. The zero-order chi connectivity index (χ0) is 18.7. The summed E-state index contributed by atoms with van der Waals surface area (Å²) in [6.45, 7) is 5.89. The Labute approximate surface area is 157 Å². The van der Waals surface area contributed by atoms with Gasteiger partial charge in [-0.15, -0.1) is 11.3 Å². The lowest BCUT2D eigenvalue weighted by molar-refractivity contribution is -0.116. The molecule has 0 spiro atoms. The van der Waals surface area contributed by atoms with Crippen molar-refractivity contribution in [1.82, 2.24) is 9.78 Å². The molecule has 2 aromatic rings. The lowest BCUT2D eigenvalue weighted by atomic mass is 9.95. The zero-order valence-corrected chi connectivity index (χ0v) is 16.3. The van der Waals surface area contributed by atoms with E-state index in [4.69, 9.17) is 4.74 Å². The number of hydrogen-bond donors (Lipinski definition) is 1. The first kappa shape index (κ1) is 18.6. The number of esters is 1. The average Bonchev–Trinajstić information content (AvgIpc) is 3.17. The van der Waals surface area contributed by atoms with Crippen LogP contribution in [0.5, 0.6) is 0 Å². The lowest BCUT2D eigenvalue weighted by Gasteiger charge is -2.15. The van der Waals surface area contributed by atoms with Crippen molar-refractivity contribution in [3.63, 3.8) is 0 Å². The predicted molar refractivity (Wildman–Crippen MR) is 102 cm³/mol. The van der Waals surface area contributed by atoms with E-state index >= 15 is 0 Å². The highest BCUT2D eigenvalue weighted by atomic mass is 32.1. The quantitative estimate of drug-likeness (QED) is 0.781. The van der Waals surface area contributed by atoms with Crippen molar-refractivity contribution >= 4 is 28.2 Å². The third kappa shape index (κ3) is 3.98. The molecule has 0 aromatic carbocycles. The maximum Gasteiger partial charge on any atom is 0.341 e. The van der Waals surface area contributed by atoms with E-state index in [0.717, 1.165) is 43.4 Å². The van der Waals surface area contributed by atoms with Crippen molar-refractivity contribution in [3.8, 4) is 0 Å². The molecule has 0 fully saturated rings. The van der Waals surface area contributed by atoms with Crippen LogP contribution in [0.2, 0.25) is 0 Å². The van der Waals surface area contributed by atoms with Gasteiger partial charge < -0.3 is 10.1 Å². The molecule has 6 nitrogen and oxygen atoms in total. The molecule has 140 valence electrons. The molecule has 1 aliphatic carbocycles. The highest BCUT2D eigenvalue weighted by Crippen LogP contribution is 2.38. The summed E-state index contributed by atoms with van der Waals surface area (Å²) in [5.41, 5.74) is 2.53. The van der Waals surface area contributed by atoms with Crippen molar-refractivity contribution in [3.05, 3.63) is 34.0 Å². The highest BCUT2D eigenvalue weighted by Gasteiger charge is 2.28. The number of nitrogens with zero attached hydrogens (tertiary/aromatic N) is 2. The summed E-state index contributed by atoms with van der Waals surface area (Å²) in [6, 6.07) is 1.85. The minimum Gasteiger partial charge on any atom is -0.459 e. The summed E-state index contributed by atoms with van der Waals surface area (Å²) < 4.78 is 7.19. The van der Waals surface area contributed by atoms with E-state index in [1.807, 2.05) is 26.8 Å². The van der Waals surface area contributed by atoms with Gasteiger partial charge in [0.1, 0.15) is 11.5 Å². The number of ether oxygens (including phenoxy) is 1. The summed E-state index contributed by atoms with van der Waals surface area (Å²) in [5.74, 6) is -0.516. The molecule has 2 aromatic heterocycles. The number of anilines is 1. The van der Waals surface area contributed by atoms with Crippen molar-refractivity contribution in [1.29, 1.82) is 0 Å². The molecule has 1 aliphatic rings. The predicted octanol–water partition coefficient (Wildman–Crippen LogP) is 3.73. The molecule has 0 saturated carbocycles. The Hall–Kier alpha value is -2.15. The van der Waals surface area contributed by atoms with Gasteiger partial charge in [0.2, 0.25) is 5.91 Å². The number of amides is 1. The van der Waals surface area contributed by atoms with Gasteiger partial charge in [0.05, 0.1) is 11.7 Å². The molecule has 1 atom stereocenters. The number of nitrogens with one attached hydrogen (secondary N) is 1. The summed E-state index contributed by atoms with van der Waals surface area (Å²) in [5, 5.41) is 7.67. The second-order valence-corrected chi connectivity index (χ2v) is 7.82. The van der Waals surface area contributed by atoms with Gasteiger partial charge in [0.25, 0.3) is 0 Å². The molecular weight excluding hydrogens is 350 g/mol. The van der Waals surface area contributed by atoms with Crippen LogP contribution < -0.4 is 5.32 Å². The Morgan fingerprint density at radius 1 is 1.38 bits per heavy atom. The number of carbonyl (C=O) groups excluding carboxylic acids is 2. The molecule has 0 radical (unpaired) electrons. The van der Waals surface area contributed by atoms with Gasteiger partial charge in [0, 0.05) is 16.8 Å². The van der Waals surface area contributed by atoms with Gasteiger partial charge in [-0.3, -0.25) is 9.48 Å². The SMILES string of the molecule is CCC(C)OC(=O)c1c(NC(=O)Cn2nccc2C)sc2c1CCCC2. The first-order valence-corrected chi connectivity index (χ1v) is 9.95. The van der Waals surface area contributed by atoms with Crippen molar-refractivity contribution in [2.45, 2.75) is 65.5 Å². The summed E-state index contributed by atoms with van der Waals surface area (Å²) in [4.78, 5) is 26.4. The Balaban J connectivity index is 1.83. The Bertz CT molecular complexity index is 809. The van der Waals surface area contributed by atoms with Crippen molar-refractivity contribution in [2.75, 3.05) is 5.32 Å². The molecular formula is C19H25N3O3S. The second-order valence-electron chi connectivity index (χ2n) is 6.72.